The lowest BCUT2D eigenvalue weighted by Gasteiger charge is -2.08. The van der Waals surface area contributed by atoms with Gasteiger partial charge in [-0.25, -0.2) is 4.79 Å². The van der Waals surface area contributed by atoms with Crippen molar-refractivity contribution >= 4 is 17.7 Å². The minimum absolute atomic E-state index is 0.202. The van der Waals surface area contributed by atoms with Gasteiger partial charge < -0.3 is 9.84 Å². The van der Waals surface area contributed by atoms with Crippen LogP contribution in [-0.4, -0.2) is 23.4 Å². The molecule has 4 heteroatoms. The van der Waals surface area contributed by atoms with Crippen molar-refractivity contribution in [3.05, 3.63) is 59.7 Å². The van der Waals surface area contributed by atoms with E-state index in [0.717, 1.165) is 5.75 Å². The summed E-state index contributed by atoms with van der Waals surface area (Å²) in [5.41, 5.74) is 1.44. The molecule has 0 aromatic heterocycles. The van der Waals surface area contributed by atoms with Gasteiger partial charge in [-0.05, 0) is 31.2 Å². The number of thioether (sulfide) groups is 1. The van der Waals surface area contributed by atoms with E-state index in [0.29, 0.717) is 12.4 Å². The second kappa shape index (κ2) is 7.01. The highest BCUT2D eigenvalue weighted by Crippen LogP contribution is 2.20. The molecule has 2 rings (SSSR count). The third-order valence-electron chi connectivity index (χ3n) is 2.75. The molecule has 3 nitrogen and oxygen atoms in total. The molecular formula is C16H16O3S. The van der Waals surface area contributed by atoms with Crippen molar-refractivity contribution in [1.29, 1.82) is 0 Å². The zero-order chi connectivity index (χ0) is 14.4. The highest BCUT2D eigenvalue weighted by atomic mass is 32.2. The summed E-state index contributed by atoms with van der Waals surface area (Å²) in [5, 5.41) is 9.04. The van der Waals surface area contributed by atoms with E-state index in [4.69, 9.17) is 9.84 Å². The molecule has 0 unspecified atom stereocenters. The molecule has 0 saturated heterocycles. The molecule has 2 aromatic rings. The summed E-state index contributed by atoms with van der Waals surface area (Å²) in [7, 11) is 0. The molecule has 20 heavy (non-hydrogen) atoms. The number of hydrogen-bond donors (Lipinski definition) is 1. The number of hydrogen-bond acceptors (Lipinski definition) is 3. The molecule has 0 atom stereocenters. The van der Waals surface area contributed by atoms with Gasteiger partial charge in [0.15, 0.2) is 0 Å². The van der Waals surface area contributed by atoms with Crippen LogP contribution in [0.1, 0.15) is 15.9 Å². The fourth-order valence-corrected chi connectivity index (χ4v) is 2.45. The van der Waals surface area contributed by atoms with Gasteiger partial charge in [0.2, 0.25) is 0 Å². The minimum atomic E-state index is -0.966. The van der Waals surface area contributed by atoms with Crippen molar-refractivity contribution in [3.63, 3.8) is 0 Å². The van der Waals surface area contributed by atoms with Gasteiger partial charge in [0.1, 0.15) is 11.3 Å². The zero-order valence-electron chi connectivity index (χ0n) is 11.2. The van der Waals surface area contributed by atoms with E-state index in [-0.39, 0.29) is 5.56 Å². The molecule has 0 radical (unpaired) electrons. The maximum Gasteiger partial charge on any atom is 0.339 e. The summed E-state index contributed by atoms with van der Waals surface area (Å²) in [6.07, 6.45) is 0. The van der Waals surface area contributed by atoms with Gasteiger partial charge in [-0.2, -0.15) is 0 Å². The van der Waals surface area contributed by atoms with Crippen LogP contribution in [0.5, 0.6) is 5.75 Å². The highest BCUT2D eigenvalue weighted by molar-refractivity contribution is 7.99. The third kappa shape index (κ3) is 4.03. The molecule has 2 aromatic carbocycles. The number of aryl methyl sites for hydroxylation is 1. The van der Waals surface area contributed by atoms with Crippen molar-refractivity contribution in [2.45, 2.75) is 11.8 Å². The Morgan fingerprint density at radius 3 is 2.55 bits per heavy atom. The number of benzene rings is 2. The summed E-state index contributed by atoms with van der Waals surface area (Å²) in [6.45, 7) is 2.53. The Morgan fingerprint density at radius 1 is 1.15 bits per heavy atom. The van der Waals surface area contributed by atoms with E-state index in [1.54, 1.807) is 36.0 Å². The quantitative estimate of drug-likeness (QED) is 0.647. The van der Waals surface area contributed by atoms with Crippen LogP contribution < -0.4 is 4.74 Å². The lowest BCUT2D eigenvalue weighted by atomic mass is 10.2. The Bertz CT molecular complexity index is 579. The average molecular weight is 288 g/mol. The van der Waals surface area contributed by atoms with E-state index >= 15 is 0 Å². The SMILES string of the molecule is Cc1ccc(SCCOc2ccccc2C(=O)O)cc1. The number of rotatable bonds is 6. The van der Waals surface area contributed by atoms with Crippen molar-refractivity contribution in [2.24, 2.45) is 0 Å². The second-order valence-corrected chi connectivity index (χ2v) is 5.48. The zero-order valence-corrected chi connectivity index (χ0v) is 12.0. The van der Waals surface area contributed by atoms with Gasteiger partial charge in [-0.3, -0.25) is 0 Å². The van der Waals surface area contributed by atoms with Gasteiger partial charge in [-0.1, -0.05) is 29.8 Å². The third-order valence-corrected chi connectivity index (χ3v) is 3.72. The Kier molecular flexibility index (Phi) is 5.07. The molecule has 0 spiro atoms. The van der Waals surface area contributed by atoms with Gasteiger partial charge >= 0.3 is 5.97 Å². The van der Waals surface area contributed by atoms with Crippen molar-refractivity contribution in [3.8, 4) is 5.75 Å². The van der Waals surface area contributed by atoms with Crippen LogP contribution in [0.2, 0.25) is 0 Å². The summed E-state index contributed by atoms with van der Waals surface area (Å²) < 4.78 is 5.54. The Hall–Kier alpha value is -1.94. The first-order chi connectivity index (χ1) is 9.66. The molecule has 1 N–H and O–H groups in total. The summed E-state index contributed by atoms with van der Waals surface area (Å²) in [5.74, 6) is 0.230. The number of ether oxygens (including phenoxy) is 1. The first-order valence-corrected chi connectivity index (χ1v) is 7.30. The molecule has 104 valence electrons. The van der Waals surface area contributed by atoms with Gasteiger partial charge in [-0.15, -0.1) is 11.8 Å². The minimum Gasteiger partial charge on any atom is -0.492 e. The Morgan fingerprint density at radius 2 is 1.85 bits per heavy atom. The van der Waals surface area contributed by atoms with Crippen LogP contribution >= 0.6 is 11.8 Å². The first kappa shape index (κ1) is 14.5. The van der Waals surface area contributed by atoms with Gasteiger partial charge in [0.25, 0.3) is 0 Å². The van der Waals surface area contributed by atoms with Gasteiger partial charge in [0, 0.05) is 10.6 Å². The molecule has 0 saturated carbocycles. The summed E-state index contributed by atoms with van der Waals surface area (Å²) >= 11 is 1.69. The normalized spacial score (nSPS) is 10.2. The Balaban J connectivity index is 1.84. The Labute approximate surface area is 122 Å². The number of carbonyl (C=O) groups is 1. The average Bonchev–Trinajstić information content (AvgIpc) is 2.46. The van der Waals surface area contributed by atoms with E-state index in [1.165, 1.54) is 10.5 Å². The van der Waals surface area contributed by atoms with Crippen molar-refractivity contribution in [2.75, 3.05) is 12.4 Å². The van der Waals surface area contributed by atoms with E-state index in [1.807, 2.05) is 0 Å². The van der Waals surface area contributed by atoms with Crippen LogP contribution in [-0.2, 0) is 0 Å². The predicted molar refractivity (Wildman–Crippen MR) is 80.8 cm³/mol. The van der Waals surface area contributed by atoms with Crippen LogP contribution in [0.4, 0.5) is 0 Å². The number of carboxylic acids is 1. The molecule has 0 heterocycles. The smallest absolute Gasteiger partial charge is 0.339 e. The summed E-state index contributed by atoms with van der Waals surface area (Å²) in [4.78, 5) is 12.2. The molecule has 0 aliphatic rings. The van der Waals surface area contributed by atoms with Crippen LogP contribution in [0.25, 0.3) is 0 Å². The van der Waals surface area contributed by atoms with E-state index in [9.17, 15) is 4.79 Å². The van der Waals surface area contributed by atoms with E-state index < -0.39 is 5.97 Å². The van der Waals surface area contributed by atoms with E-state index in [2.05, 4.69) is 31.2 Å². The topological polar surface area (TPSA) is 46.5 Å². The first-order valence-electron chi connectivity index (χ1n) is 6.31. The van der Waals surface area contributed by atoms with Crippen molar-refractivity contribution in [1.82, 2.24) is 0 Å². The molecule has 0 bridgehead atoms. The maximum atomic E-state index is 11.0. The molecule has 0 aliphatic heterocycles. The number of aromatic carboxylic acids is 1. The molecule has 0 aliphatic carbocycles. The number of carboxylic acid groups (broad SMARTS) is 1. The van der Waals surface area contributed by atoms with Gasteiger partial charge in [0.05, 0.1) is 6.61 Å². The van der Waals surface area contributed by atoms with Crippen LogP contribution in [0.3, 0.4) is 0 Å². The molecule has 0 fully saturated rings. The fraction of sp³-hybridized carbons (Fsp3) is 0.188. The molecule has 0 amide bonds. The lowest BCUT2D eigenvalue weighted by molar-refractivity contribution is 0.0692. The molecular weight excluding hydrogens is 272 g/mol. The van der Waals surface area contributed by atoms with Crippen LogP contribution in [0, 0.1) is 6.92 Å². The predicted octanol–water partition coefficient (Wildman–Crippen LogP) is 3.86. The van der Waals surface area contributed by atoms with Crippen LogP contribution in [0.15, 0.2) is 53.4 Å². The second-order valence-electron chi connectivity index (χ2n) is 4.31. The largest absolute Gasteiger partial charge is 0.492 e. The lowest BCUT2D eigenvalue weighted by Crippen LogP contribution is -2.05. The number of para-hydroxylation sites is 1. The standard InChI is InChI=1S/C16H16O3S/c1-12-6-8-13(9-7-12)20-11-10-19-15-5-3-2-4-14(15)16(17)18/h2-9H,10-11H2,1H3,(H,17,18). The van der Waals surface area contributed by atoms with Crippen molar-refractivity contribution < 1.29 is 14.6 Å². The summed E-state index contributed by atoms with van der Waals surface area (Å²) in [6, 6.07) is 15.0. The maximum absolute atomic E-state index is 11.0. The highest BCUT2D eigenvalue weighted by Gasteiger charge is 2.09. The monoisotopic (exact) mass is 288 g/mol. The fourth-order valence-electron chi connectivity index (χ4n) is 1.71.